The maximum absolute atomic E-state index is 13.2. The molecule has 0 unspecified atom stereocenters. The summed E-state index contributed by atoms with van der Waals surface area (Å²) in [6.45, 7) is 0. The first kappa shape index (κ1) is 14.7. The number of carboxylic acid groups (broad SMARTS) is 1. The van der Waals surface area contributed by atoms with Gasteiger partial charge in [0.25, 0.3) is 0 Å². The van der Waals surface area contributed by atoms with E-state index in [0.717, 1.165) is 23.8 Å². The van der Waals surface area contributed by atoms with Crippen molar-refractivity contribution < 1.29 is 19.1 Å². The van der Waals surface area contributed by atoms with Gasteiger partial charge in [0.2, 0.25) is 5.91 Å². The summed E-state index contributed by atoms with van der Waals surface area (Å²) >= 11 is 0. The Morgan fingerprint density at radius 2 is 1.81 bits per heavy atom. The highest BCUT2D eigenvalue weighted by molar-refractivity contribution is 6.00. The summed E-state index contributed by atoms with van der Waals surface area (Å²) in [6.07, 6.45) is 0.726. The summed E-state index contributed by atoms with van der Waals surface area (Å²) in [5, 5.41) is 11.4. The number of aryl methyl sites for hydroxylation is 1. The molecule has 0 atom stereocenters. The quantitative estimate of drug-likeness (QED) is 0.888. The van der Waals surface area contributed by atoms with E-state index in [1.165, 1.54) is 0 Å². The normalized spacial score (nSPS) is 10.1. The number of anilines is 1. The third-order valence-electron chi connectivity index (χ3n) is 2.97. The molecule has 0 bridgehead atoms. The third kappa shape index (κ3) is 4.14. The zero-order chi connectivity index (χ0) is 15.2. The number of benzene rings is 2. The van der Waals surface area contributed by atoms with E-state index in [1.807, 2.05) is 30.3 Å². The van der Waals surface area contributed by atoms with Gasteiger partial charge in [-0.2, -0.15) is 0 Å². The van der Waals surface area contributed by atoms with Crippen LogP contribution in [0.2, 0.25) is 0 Å². The van der Waals surface area contributed by atoms with Crippen LogP contribution in [0.25, 0.3) is 0 Å². The molecule has 21 heavy (non-hydrogen) atoms. The average molecular weight is 287 g/mol. The molecule has 4 nitrogen and oxygen atoms in total. The highest BCUT2D eigenvalue weighted by atomic mass is 19.1. The monoisotopic (exact) mass is 287 g/mol. The number of carbonyl (C=O) groups is 2. The van der Waals surface area contributed by atoms with Gasteiger partial charge in [-0.1, -0.05) is 30.3 Å². The van der Waals surface area contributed by atoms with Gasteiger partial charge in [0.05, 0.1) is 11.3 Å². The zero-order valence-electron chi connectivity index (χ0n) is 11.2. The number of nitrogens with one attached hydrogen (secondary N) is 1. The van der Waals surface area contributed by atoms with Crippen molar-refractivity contribution in [3.05, 3.63) is 65.5 Å². The fourth-order valence-electron chi connectivity index (χ4n) is 1.92. The van der Waals surface area contributed by atoms with Crippen molar-refractivity contribution >= 4 is 17.6 Å². The average Bonchev–Trinajstić information content (AvgIpc) is 2.46. The molecule has 2 N–H and O–H groups in total. The number of hydrogen-bond acceptors (Lipinski definition) is 2. The first-order valence-electron chi connectivity index (χ1n) is 6.43. The van der Waals surface area contributed by atoms with E-state index < -0.39 is 11.8 Å². The molecule has 2 rings (SSSR count). The number of carbonyl (C=O) groups excluding carboxylic acids is 1. The van der Waals surface area contributed by atoms with Crippen LogP contribution in [0.15, 0.2) is 48.5 Å². The highest BCUT2D eigenvalue weighted by Gasteiger charge is 2.13. The van der Waals surface area contributed by atoms with Crippen LogP contribution in [0.3, 0.4) is 0 Å². The van der Waals surface area contributed by atoms with Crippen LogP contribution in [-0.4, -0.2) is 17.0 Å². The molecule has 0 saturated heterocycles. The second-order valence-corrected chi connectivity index (χ2v) is 4.53. The molecule has 0 aliphatic heterocycles. The smallest absolute Gasteiger partial charge is 0.337 e. The van der Waals surface area contributed by atoms with Gasteiger partial charge >= 0.3 is 5.97 Å². The lowest BCUT2D eigenvalue weighted by molar-refractivity contribution is -0.116. The lowest BCUT2D eigenvalue weighted by Crippen LogP contribution is -2.15. The van der Waals surface area contributed by atoms with Crippen LogP contribution in [0, 0.1) is 5.82 Å². The number of carboxylic acids is 1. The van der Waals surface area contributed by atoms with E-state index in [1.54, 1.807) is 0 Å². The van der Waals surface area contributed by atoms with Gasteiger partial charge in [-0.05, 0) is 30.2 Å². The van der Waals surface area contributed by atoms with Gasteiger partial charge < -0.3 is 10.4 Å². The summed E-state index contributed by atoms with van der Waals surface area (Å²) in [4.78, 5) is 22.9. The van der Waals surface area contributed by atoms with Crippen LogP contribution in [0.1, 0.15) is 22.3 Å². The van der Waals surface area contributed by atoms with E-state index in [2.05, 4.69) is 5.32 Å². The standard InChI is InChI=1S/C16H14FNO3/c17-12-7-8-13(16(20)21)14(10-12)18-15(19)9-6-11-4-2-1-3-5-11/h1-5,7-8,10H,6,9H2,(H,18,19)(H,20,21). The van der Waals surface area contributed by atoms with Gasteiger partial charge in [-0.15, -0.1) is 0 Å². The first-order valence-corrected chi connectivity index (χ1v) is 6.43. The van der Waals surface area contributed by atoms with Gasteiger partial charge in [0.1, 0.15) is 5.82 Å². The van der Waals surface area contributed by atoms with Crippen molar-refractivity contribution in [3.8, 4) is 0 Å². The minimum absolute atomic E-state index is 0.0273. The summed E-state index contributed by atoms with van der Waals surface area (Å²) < 4.78 is 13.2. The molecule has 2 aromatic rings. The SMILES string of the molecule is O=C(CCc1ccccc1)Nc1cc(F)ccc1C(=O)O. The van der Waals surface area contributed by atoms with E-state index in [-0.39, 0.29) is 23.6 Å². The van der Waals surface area contributed by atoms with E-state index in [0.29, 0.717) is 6.42 Å². The van der Waals surface area contributed by atoms with E-state index in [4.69, 9.17) is 5.11 Å². The molecular weight excluding hydrogens is 273 g/mol. The van der Waals surface area contributed by atoms with Crippen molar-refractivity contribution in [3.63, 3.8) is 0 Å². The third-order valence-corrected chi connectivity index (χ3v) is 2.97. The Bertz CT molecular complexity index is 656. The number of halogens is 1. The molecule has 0 radical (unpaired) electrons. The van der Waals surface area contributed by atoms with Gasteiger partial charge in [-0.25, -0.2) is 9.18 Å². The fourth-order valence-corrected chi connectivity index (χ4v) is 1.92. The van der Waals surface area contributed by atoms with Crippen LogP contribution in [0.5, 0.6) is 0 Å². The molecular formula is C16H14FNO3. The van der Waals surface area contributed by atoms with Crippen LogP contribution in [-0.2, 0) is 11.2 Å². The number of rotatable bonds is 5. The minimum atomic E-state index is -1.21. The predicted molar refractivity (Wildman–Crippen MR) is 76.8 cm³/mol. The number of aromatic carboxylic acids is 1. The molecule has 0 aromatic heterocycles. The Balaban J connectivity index is 2.02. The largest absolute Gasteiger partial charge is 0.478 e. The summed E-state index contributed by atoms with van der Waals surface area (Å²) in [7, 11) is 0. The van der Waals surface area contributed by atoms with E-state index in [9.17, 15) is 14.0 Å². The summed E-state index contributed by atoms with van der Waals surface area (Å²) in [5.74, 6) is -2.17. The Morgan fingerprint density at radius 1 is 1.10 bits per heavy atom. The van der Waals surface area contributed by atoms with Crippen LogP contribution >= 0.6 is 0 Å². The molecule has 0 aliphatic carbocycles. The second kappa shape index (κ2) is 6.65. The van der Waals surface area contributed by atoms with Crippen molar-refractivity contribution in [2.75, 3.05) is 5.32 Å². The summed E-state index contributed by atoms with van der Waals surface area (Å²) in [5.41, 5.74) is 0.843. The molecule has 0 spiro atoms. The molecule has 0 saturated carbocycles. The van der Waals surface area contributed by atoms with E-state index >= 15 is 0 Å². The molecule has 0 heterocycles. The molecule has 5 heteroatoms. The summed E-state index contributed by atoms with van der Waals surface area (Å²) in [6, 6.07) is 12.6. The lowest BCUT2D eigenvalue weighted by Gasteiger charge is -2.08. The number of amides is 1. The van der Waals surface area contributed by atoms with Crippen LogP contribution in [0.4, 0.5) is 10.1 Å². The van der Waals surface area contributed by atoms with Crippen molar-refractivity contribution in [2.24, 2.45) is 0 Å². The van der Waals surface area contributed by atoms with Gasteiger partial charge in [0.15, 0.2) is 0 Å². The molecule has 108 valence electrons. The first-order chi connectivity index (χ1) is 10.1. The van der Waals surface area contributed by atoms with Crippen LogP contribution < -0.4 is 5.32 Å². The fraction of sp³-hybridized carbons (Fsp3) is 0.125. The Morgan fingerprint density at radius 3 is 2.48 bits per heavy atom. The van der Waals surface area contributed by atoms with Gasteiger partial charge in [0, 0.05) is 6.42 Å². The topological polar surface area (TPSA) is 66.4 Å². The molecule has 2 aromatic carbocycles. The van der Waals surface area contributed by atoms with Crippen molar-refractivity contribution in [1.82, 2.24) is 0 Å². The molecule has 0 fully saturated rings. The Kier molecular flexibility index (Phi) is 4.66. The maximum Gasteiger partial charge on any atom is 0.337 e. The van der Waals surface area contributed by atoms with Crippen molar-refractivity contribution in [1.29, 1.82) is 0 Å². The Labute approximate surface area is 121 Å². The van der Waals surface area contributed by atoms with Gasteiger partial charge in [-0.3, -0.25) is 4.79 Å². The predicted octanol–water partition coefficient (Wildman–Crippen LogP) is 3.10. The van der Waals surface area contributed by atoms with Crippen molar-refractivity contribution in [2.45, 2.75) is 12.8 Å². The highest BCUT2D eigenvalue weighted by Crippen LogP contribution is 2.18. The second-order valence-electron chi connectivity index (χ2n) is 4.53. The Hall–Kier alpha value is -2.69. The minimum Gasteiger partial charge on any atom is -0.478 e. The zero-order valence-corrected chi connectivity index (χ0v) is 11.2. The lowest BCUT2D eigenvalue weighted by atomic mass is 10.1. The maximum atomic E-state index is 13.2. The molecule has 1 amide bonds. The molecule has 0 aliphatic rings. The number of hydrogen-bond donors (Lipinski definition) is 2.